The standard InChI is InChI=1S/C19H32N4O8/c1-9(2)7-11(20)18(29)23-6-4-5-13(23)17(28)21-12(8-14(25)26)16(27)22-15(10(3)24)19(30)31/h9-13,15,24H,4-8,20H2,1-3H3,(H,21,28)(H,22,27)(H,25,26)(H,30,31). The van der Waals surface area contributed by atoms with E-state index in [1.165, 1.54) is 4.90 Å². The average molecular weight is 444 g/mol. The largest absolute Gasteiger partial charge is 0.481 e. The zero-order valence-corrected chi connectivity index (χ0v) is 17.9. The Morgan fingerprint density at radius 3 is 2.19 bits per heavy atom. The molecule has 176 valence electrons. The van der Waals surface area contributed by atoms with E-state index in [1.807, 2.05) is 19.2 Å². The fraction of sp³-hybridized carbons (Fsp3) is 0.737. The Balaban J connectivity index is 2.92. The van der Waals surface area contributed by atoms with E-state index >= 15 is 0 Å². The van der Waals surface area contributed by atoms with Crippen molar-refractivity contribution in [3.8, 4) is 0 Å². The number of carbonyl (C=O) groups excluding carboxylic acids is 3. The second kappa shape index (κ2) is 11.6. The predicted octanol–water partition coefficient (Wildman–Crippen LogP) is -1.74. The first-order chi connectivity index (χ1) is 14.3. The van der Waals surface area contributed by atoms with Gasteiger partial charge in [0.15, 0.2) is 6.04 Å². The number of aliphatic carboxylic acids is 2. The van der Waals surface area contributed by atoms with Crippen molar-refractivity contribution in [1.82, 2.24) is 15.5 Å². The number of nitrogens with two attached hydrogens (primary N) is 1. The van der Waals surface area contributed by atoms with Crippen molar-refractivity contribution in [3.05, 3.63) is 0 Å². The molecule has 1 fully saturated rings. The van der Waals surface area contributed by atoms with Gasteiger partial charge in [0.1, 0.15) is 12.1 Å². The van der Waals surface area contributed by atoms with Crippen LogP contribution in [0.4, 0.5) is 0 Å². The highest BCUT2D eigenvalue weighted by Gasteiger charge is 2.38. The minimum atomic E-state index is -1.68. The van der Waals surface area contributed by atoms with Gasteiger partial charge < -0.3 is 36.6 Å². The van der Waals surface area contributed by atoms with Crippen LogP contribution in [0.5, 0.6) is 0 Å². The predicted molar refractivity (Wildman–Crippen MR) is 108 cm³/mol. The molecule has 12 heteroatoms. The van der Waals surface area contributed by atoms with Crippen molar-refractivity contribution in [2.45, 2.75) is 76.7 Å². The van der Waals surface area contributed by atoms with Crippen molar-refractivity contribution < 1.29 is 39.3 Å². The number of nitrogens with one attached hydrogen (secondary N) is 2. The van der Waals surface area contributed by atoms with Crippen LogP contribution in [-0.2, 0) is 24.0 Å². The Morgan fingerprint density at radius 2 is 1.71 bits per heavy atom. The van der Waals surface area contributed by atoms with Gasteiger partial charge in [-0.15, -0.1) is 0 Å². The number of aliphatic hydroxyl groups excluding tert-OH is 1. The maximum Gasteiger partial charge on any atom is 0.328 e. The topological polar surface area (TPSA) is 199 Å². The molecule has 0 aromatic rings. The highest BCUT2D eigenvalue weighted by molar-refractivity contribution is 5.95. The Bertz CT molecular complexity index is 696. The summed E-state index contributed by atoms with van der Waals surface area (Å²) in [4.78, 5) is 61.5. The minimum absolute atomic E-state index is 0.175. The zero-order valence-electron chi connectivity index (χ0n) is 17.9. The van der Waals surface area contributed by atoms with E-state index in [1.54, 1.807) is 0 Å². The lowest BCUT2D eigenvalue weighted by atomic mass is 10.0. The molecular weight excluding hydrogens is 412 g/mol. The molecule has 1 aliphatic heterocycles. The Kier molecular flexibility index (Phi) is 9.85. The van der Waals surface area contributed by atoms with Crippen molar-refractivity contribution in [2.24, 2.45) is 11.7 Å². The summed E-state index contributed by atoms with van der Waals surface area (Å²) in [6, 6.07) is -4.97. The summed E-state index contributed by atoms with van der Waals surface area (Å²) >= 11 is 0. The SMILES string of the molecule is CC(C)CC(N)C(=O)N1CCCC1C(=O)NC(CC(=O)O)C(=O)NC(C(=O)O)C(C)O. The average Bonchev–Trinajstić information content (AvgIpc) is 3.12. The second-order valence-corrected chi connectivity index (χ2v) is 8.15. The second-order valence-electron chi connectivity index (χ2n) is 8.15. The third kappa shape index (κ3) is 7.79. The van der Waals surface area contributed by atoms with Gasteiger partial charge in [-0.3, -0.25) is 19.2 Å². The molecule has 0 radical (unpaired) electrons. The van der Waals surface area contributed by atoms with E-state index in [0.29, 0.717) is 25.8 Å². The van der Waals surface area contributed by atoms with Crippen LogP contribution >= 0.6 is 0 Å². The summed E-state index contributed by atoms with van der Waals surface area (Å²) in [6.45, 7) is 5.27. The number of carboxylic acid groups (broad SMARTS) is 2. The van der Waals surface area contributed by atoms with Crippen molar-refractivity contribution in [1.29, 1.82) is 0 Å². The van der Waals surface area contributed by atoms with Gasteiger partial charge in [-0.25, -0.2) is 4.79 Å². The molecule has 1 heterocycles. The van der Waals surface area contributed by atoms with Gasteiger partial charge in [0.2, 0.25) is 17.7 Å². The van der Waals surface area contributed by atoms with Crippen molar-refractivity contribution in [2.75, 3.05) is 6.54 Å². The normalized spacial score (nSPS) is 19.9. The minimum Gasteiger partial charge on any atom is -0.481 e. The highest BCUT2D eigenvalue weighted by Crippen LogP contribution is 2.20. The van der Waals surface area contributed by atoms with Crippen LogP contribution in [0.2, 0.25) is 0 Å². The summed E-state index contributed by atoms with van der Waals surface area (Å²) in [6.07, 6.45) is -0.968. The third-order valence-corrected chi connectivity index (χ3v) is 4.94. The number of carbonyl (C=O) groups is 5. The van der Waals surface area contributed by atoms with Gasteiger partial charge in [0.25, 0.3) is 0 Å². The highest BCUT2D eigenvalue weighted by atomic mass is 16.4. The Labute approximate surface area is 180 Å². The van der Waals surface area contributed by atoms with E-state index in [-0.39, 0.29) is 5.92 Å². The molecule has 0 spiro atoms. The maximum atomic E-state index is 12.8. The summed E-state index contributed by atoms with van der Waals surface area (Å²) in [7, 11) is 0. The Hall–Kier alpha value is -2.73. The number of rotatable bonds is 11. The lowest BCUT2D eigenvalue weighted by Crippen LogP contribution is -2.58. The smallest absolute Gasteiger partial charge is 0.328 e. The summed E-state index contributed by atoms with van der Waals surface area (Å²) < 4.78 is 0. The molecule has 0 bridgehead atoms. The van der Waals surface area contributed by atoms with Crippen LogP contribution < -0.4 is 16.4 Å². The van der Waals surface area contributed by atoms with Crippen molar-refractivity contribution in [3.63, 3.8) is 0 Å². The van der Waals surface area contributed by atoms with Gasteiger partial charge >= 0.3 is 11.9 Å². The zero-order chi connectivity index (χ0) is 23.9. The van der Waals surface area contributed by atoms with Crippen LogP contribution in [0, 0.1) is 5.92 Å². The molecule has 0 aromatic heterocycles. The number of hydrogen-bond donors (Lipinski definition) is 6. The van der Waals surface area contributed by atoms with Crippen molar-refractivity contribution >= 4 is 29.7 Å². The molecule has 5 atom stereocenters. The van der Waals surface area contributed by atoms with E-state index in [2.05, 4.69) is 5.32 Å². The van der Waals surface area contributed by atoms with Gasteiger partial charge in [0, 0.05) is 6.54 Å². The molecule has 31 heavy (non-hydrogen) atoms. The van der Waals surface area contributed by atoms with E-state index < -0.39 is 66.4 Å². The molecule has 3 amide bonds. The van der Waals surface area contributed by atoms with Crippen LogP contribution in [-0.4, -0.2) is 86.7 Å². The van der Waals surface area contributed by atoms with E-state index in [4.69, 9.17) is 15.9 Å². The summed E-state index contributed by atoms with van der Waals surface area (Å²) in [5, 5.41) is 32.0. The quantitative estimate of drug-likeness (QED) is 0.214. The van der Waals surface area contributed by atoms with Gasteiger partial charge in [-0.1, -0.05) is 13.8 Å². The summed E-state index contributed by atoms with van der Waals surface area (Å²) in [5.41, 5.74) is 5.94. The first-order valence-corrected chi connectivity index (χ1v) is 10.1. The van der Waals surface area contributed by atoms with Crippen LogP contribution in [0.1, 0.15) is 46.5 Å². The van der Waals surface area contributed by atoms with E-state index in [9.17, 15) is 29.1 Å². The molecular formula is C19H32N4O8. The van der Waals surface area contributed by atoms with Gasteiger partial charge in [-0.05, 0) is 32.1 Å². The molecule has 1 aliphatic rings. The Morgan fingerprint density at radius 1 is 1.10 bits per heavy atom. The number of amides is 3. The fourth-order valence-electron chi connectivity index (χ4n) is 3.42. The monoisotopic (exact) mass is 444 g/mol. The van der Waals surface area contributed by atoms with Gasteiger partial charge in [0.05, 0.1) is 18.6 Å². The number of likely N-dealkylation sites (tertiary alicyclic amines) is 1. The van der Waals surface area contributed by atoms with Crippen LogP contribution in [0.3, 0.4) is 0 Å². The molecule has 7 N–H and O–H groups in total. The first-order valence-electron chi connectivity index (χ1n) is 10.1. The number of aliphatic hydroxyl groups is 1. The van der Waals surface area contributed by atoms with Crippen LogP contribution in [0.15, 0.2) is 0 Å². The first kappa shape index (κ1) is 26.3. The fourth-order valence-corrected chi connectivity index (χ4v) is 3.42. The number of hydrogen-bond acceptors (Lipinski definition) is 7. The van der Waals surface area contributed by atoms with Gasteiger partial charge in [-0.2, -0.15) is 0 Å². The molecule has 1 rings (SSSR count). The molecule has 12 nitrogen and oxygen atoms in total. The molecule has 1 saturated heterocycles. The number of nitrogens with zero attached hydrogens (tertiary/aromatic N) is 1. The third-order valence-electron chi connectivity index (χ3n) is 4.94. The van der Waals surface area contributed by atoms with Crippen LogP contribution in [0.25, 0.3) is 0 Å². The molecule has 0 aliphatic carbocycles. The summed E-state index contributed by atoms with van der Waals surface area (Å²) in [5.74, 6) is -4.94. The lowest BCUT2D eigenvalue weighted by Gasteiger charge is -2.29. The molecule has 0 saturated carbocycles. The molecule has 5 unspecified atom stereocenters. The maximum absolute atomic E-state index is 12.8. The van der Waals surface area contributed by atoms with E-state index in [0.717, 1.165) is 6.92 Å². The molecule has 0 aromatic carbocycles. The number of carboxylic acids is 2. The lowest BCUT2D eigenvalue weighted by molar-refractivity contribution is -0.146.